The van der Waals surface area contributed by atoms with Crippen LogP contribution in [0.2, 0.25) is 0 Å². The van der Waals surface area contributed by atoms with Gasteiger partial charge in [0.05, 0.1) is 26.0 Å². The van der Waals surface area contributed by atoms with Crippen LogP contribution in [0.25, 0.3) is 11.3 Å². The van der Waals surface area contributed by atoms with Crippen LogP contribution in [-0.2, 0) is 4.74 Å². The molecule has 0 spiro atoms. The fourth-order valence-corrected chi connectivity index (χ4v) is 1.92. The second kappa shape index (κ2) is 6.78. The molecule has 2 aromatic rings. The fourth-order valence-electron chi connectivity index (χ4n) is 1.92. The third kappa shape index (κ3) is 3.34. The number of methoxy groups -OCH3 is 1. The maximum absolute atomic E-state index is 11.5. The minimum absolute atomic E-state index is 0.289. The van der Waals surface area contributed by atoms with Crippen molar-refractivity contribution in [1.29, 1.82) is 0 Å². The minimum atomic E-state index is -0.465. The largest absolute Gasteiger partial charge is 0.494 e. The number of carbonyl (C=O) groups excluding carboxylic acids is 1. The monoisotopic (exact) mass is 290 g/mol. The molecule has 0 bridgehead atoms. The van der Waals surface area contributed by atoms with Crippen molar-refractivity contribution in [2.75, 3.05) is 20.3 Å². The highest BCUT2D eigenvalue weighted by atomic mass is 16.5. The van der Waals surface area contributed by atoms with E-state index in [4.69, 9.17) is 9.47 Å². The molecule has 0 aliphatic rings. The number of nitrogens with one attached hydrogen (secondary N) is 1. The van der Waals surface area contributed by atoms with Crippen LogP contribution in [0, 0.1) is 0 Å². The molecule has 0 saturated carbocycles. The lowest BCUT2D eigenvalue weighted by atomic mass is 10.1. The molecule has 0 amide bonds. The molecule has 1 N–H and O–H groups in total. The van der Waals surface area contributed by atoms with Crippen LogP contribution in [0.4, 0.5) is 0 Å². The van der Waals surface area contributed by atoms with Crippen LogP contribution in [0.1, 0.15) is 24.3 Å². The van der Waals surface area contributed by atoms with Crippen LogP contribution >= 0.6 is 0 Å². The van der Waals surface area contributed by atoms with Gasteiger partial charge in [0, 0.05) is 5.56 Å². The molecule has 0 fully saturated rings. The number of esters is 1. The van der Waals surface area contributed by atoms with Crippen LogP contribution in [-0.4, -0.2) is 36.5 Å². The van der Waals surface area contributed by atoms with E-state index in [9.17, 15) is 4.79 Å². The SMILES string of the molecule is CCOc1ccc(OCC)c(-c2cc(C(=O)OC)[nH]n2)c1. The molecule has 1 aromatic heterocycles. The normalized spacial score (nSPS) is 10.2. The van der Waals surface area contributed by atoms with Gasteiger partial charge in [0.1, 0.15) is 17.2 Å². The van der Waals surface area contributed by atoms with Gasteiger partial charge in [0.15, 0.2) is 0 Å². The molecular formula is C15H18N2O4. The molecule has 1 heterocycles. The number of rotatable bonds is 6. The van der Waals surface area contributed by atoms with E-state index in [1.54, 1.807) is 6.07 Å². The standard InChI is InChI=1S/C15H18N2O4/c1-4-20-10-6-7-14(21-5-2)11(8-10)12-9-13(17-16-12)15(18)19-3/h6-9H,4-5H2,1-3H3,(H,16,17). The Morgan fingerprint density at radius 2 is 1.95 bits per heavy atom. The number of hydrogen-bond acceptors (Lipinski definition) is 5. The second-order valence-electron chi connectivity index (χ2n) is 4.18. The summed E-state index contributed by atoms with van der Waals surface area (Å²) in [6.45, 7) is 4.93. The summed E-state index contributed by atoms with van der Waals surface area (Å²) in [4.78, 5) is 11.5. The second-order valence-corrected chi connectivity index (χ2v) is 4.18. The molecule has 6 heteroatoms. The van der Waals surface area contributed by atoms with E-state index >= 15 is 0 Å². The summed E-state index contributed by atoms with van der Waals surface area (Å²) in [6, 6.07) is 7.13. The molecule has 6 nitrogen and oxygen atoms in total. The molecule has 1 aromatic carbocycles. The zero-order valence-electron chi connectivity index (χ0n) is 12.3. The summed E-state index contributed by atoms with van der Waals surface area (Å²) in [5.41, 5.74) is 1.64. The van der Waals surface area contributed by atoms with Crippen LogP contribution in [0.3, 0.4) is 0 Å². The number of hydrogen-bond donors (Lipinski definition) is 1. The predicted octanol–water partition coefficient (Wildman–Crippen LogP) is 2.66. The molecule has 0 saturated heterocycles. The van der Waals surface area contributed by atoms with Gasteiger partial charge < -0.3 is 14.2 Å². The Morgan fingerprint density at radius 3 is 2.62 bits per heavy atom. The summed E-state index contributed by atoms with van der Waals surface area (Å²) in [6.07, 6.45) is 0. The lowest BCUT2D eigenvalue weighted by Crippen LogP contribution is -2.00. The molecule has 112 valence electrons. The van der Waals surface area contributed by atoms with Gasteiger partial charge in [0.2, 0.25) is 0 Å². The average molecular weight is 290 g/mol. The summed E-state index contributed by atoms with van der Waals surface area (Å²) < 4.78 is 15.7. The summed E-state index contributed by atoms with van der Waals surface area (Å²) in [5, 5.41) is 6.79. The van der Waals surface area contributed by atoms with Crippen molar-refractivity contribution in [2.45, 2.75) is 13.8 Å². The van der Waals surface area contributed by atoms with E-state index in [1.807, 2.05) is 32.0 Å². The molecule has 0 radical (unpaired) electrons. The van der Waals surface area contributed by atoms with E-state index in [0.717, 1.165) is 11.3 Å². The molecule has 0 atom stereocenters. The van der Waals surface area contributed by atoms with Gasteiger partial charge in [-0.05, 0) is 38.1 Å². The van der Waals surface area contributed by atoms with Crippen molar-refractivity contribution >= 4 is 5.97 Å². The molecular weight excluding hydrogens is 272 g/mol. The van der Waals surface area contributed by atoms with Crippen LogP contribution < -0.4 is 9.47 Å². The predicted molar refractivity (Wildman–Crippen MR) is 77.7 cm³/mol. The number of ether oxygens (including phenoxy) is 3. The van der Waals surface area contributed by atoms with E-state index in [-0.39, 0.29) is 5.69 Å². The maximum Gasteiger partial charge on any atom is 0.356 e. The Labute approximate surface area is 123 Å². The summed E-state index contributed by atoms with van der Waals surface area (Å²) in [5.74, 6) is 0.940. The topological polar surface area (TPSA) is 73.4 Å². The highest BCUT2D eigenvalue weighted by Gasteiger charge is 2.15. The van der Waals surface area contributed by atoms with Crippen LogP contribution in [0.15, 0.2) is 24.3 Å². The van der Waals surface area contributed by atoms with Gasteiger partial charge in [0.25, 0.3) is 0 Å². The number of H-pyrrole nitrogens is 1. The van der Waals surface area contributed by atoms with Gasteiger partial charge in [-0.3, -0.25) is 5.10 Å². The Hall–Kier alpha value is -2.50. The first kappa shape index (κ1) is 14.9. The maximum atomic E-state index is 11.5. The number of aromatic amines is 1. The van der Waals surface area contributed by atoms with E-state index < -0.39 is 5.97 Å². The number of aromatic nitrogens is 2. The van der Waals surface area contributed by atoms with Gasteiger partial charge in [-0.2, -0.15) is 5.10 Å². The number of benzene rings is 1. The van der Waals surface area contributed by atoms with Crippen LogP contribution in [0.5, 0.6) is 11.5 Å². The summed E-state index contributed by atoms with van der Waals surface area (Å²) >= 11 is 0. The first-order valence-electron chi connectivity index (χ1n) is 6.73. The first-order valence-corrected chi connectivity index (χ1v) is 6.73. The summed E-state index contributed by atoms with van der Waals surface area (Å²) in [7, 11) is 1.32. The highest BCUT2D eigenvalue weighted by molar-refractivity contribution is 5.88. The first-order chi connectivity index (χ1) is 10.2. The molecule has 0 aliphatic heterocycles. The number of carbonyl (C=O) groups is 1. The van der Waals surface area contributed by atoms with Crippen molar-refractivity contribution in [2.24, 2.45) is 0 Å². The Bertz CT molecular complexity index is 622. The number of nitrogens with zero attached hydrogens (tertiary/aromatic N) is 1. The van der Waals surface area contributed by atoms with Crippen molar-refractivity contribution in [3.63, 3.8) is 0 Å². The molecule has 2 rings (SSSR count). The van der Waals surface area contributed by atoms with Crippen molar-refractivity contribution in [3.8, 4) is 22.8 Å². The zero-order valence-corrected chi connectivity index (χ0v) is 12.3. The Balaban J connectivity index is 2.41. The highest BCUT2D eigenvalue weighted by Crippen LogP contribution is 2.33. The lowest BCUT2D eigenvalue weighted by molar-refractivity contribution is 0.0594. The zero-order chi connectivity index (χ0) is 15.2. The van der Waals surface area contributed by atoms with Gasteiger partial charge >= 0.3 is 5.97 Å². The van der Waals surface area contributed by atoms with Gasteiger partial charge in [-0.25, -0.2) is 4.79 Å². The third-order valence-electron chi connectivity index (χ3n) is 2.82. The Morgan fingerprint density at radius 1 is 1.19 bits per heavy atom. The molecule has 0 unspecified atom stereocenters. The van der Waals surface area contributed by atoms with Crippen molar-refractivity contribution in [1.82, 2.24) is 10.2 Å². The van der Waals surface area contributed by atoms with E-state index in [2.05, 4.69) is 14.9 Å². The van der Waals surface area contributed by atoms with E-state index in [1.165, 1.54) is 7.11 Å². The van der Waals surface area contributed by atoms with Gasteiger partial charge in [-0.1, -0.05) is 0 Å². The van der Waals surface area contributed by atoms with Gasteiger partial charge in [-0.15, -0.1) is 0 Å². The quantitative estimate of drug-likeness (QED) is 0.828. The molecule has 21 heavy (non-hydrogen) atoms. The van der Waals surface area contributed by atoms with E-state index in [0.29, 0.717) is 24.7 Å². The van der Waals surface area contributed by atoms with Crippen molar-refractivity contribution in [3.05, 3.63) is 30.0 Å². The fraction of sp³-hybridized carbons (Fsp3) is 0.333. The third-order valence-corrected chi connectivity index (χ3v) is 2.82. The lowest BCUT2D eigenvalue weighted by Gasteiger charge is -2.10. The van der Waals surface area contributed by atoms with Crippen molar-refractivity contribution < 1.29 is 19.0 Å². The Kier molecular flexibility index (Phi) is 4.81. The minimum Gasteiger partial charge on any atom is -0.494 e. The smallest absolute Gasteiger partial charge is 0.356 e. The average Bonchev–Trinajstić information content (AvgIpc) is 2.98. The molecule has 0 aliphatic carbocycles.